The Bertz CT molecular complexity index is 970. The molecule has 160 valence electrons. The molecule has 0 aromatic heterocycles. The van der Waals surface area contributed by atoms with Gasteiger partial charge in [0.25, 0.3) is 0 Å². The molecule has 30 heavy (non-hydrogen) atoms. The van der Waals surface area contributed by atoms with Crippen LogP contribution in [0.1, 0.15) is 22.8 Å². The number of halogens is 3. The van der Waals surface area contributed by atoms with Gasteiger partial charge in [0.1, 0.15) is 11.6 Å². The van der Waals surface area contributed by atoms with E-state index in [-0.39, 0.29) is 28.4 Å². The van der Waals surface area contributed by atoms with Gasteiger partial charge in [0.2, 0.25) is 5.91 Å². The molecule has 2 aromatic carbocycles. The third-order valence-corrected chi connectivity index (χ3v) is 5.47. The summed E-state index contributed by atoms with van der Waals surface area (Å²) in [6.07, 6.45) is -0.350. The van der Waals surface area contributed by atoms with Gasteiger partial charge in [-0.1, -0.05) is 6.92 Å². The van der Waals surface area contributed by atoms with E-state index in [1.54, 1.807) is 12.1 Å². The van der Waals surface area contributed by atoms with Crippen LogP contribution in [0.25, 0.3) is 0 Å². The number of hydrogen-bond donors (Lipinski definition) is 2. The fourth-order valence-electron chi connectivity index (χ4n) is 3.13. The van der Waals surface area contributed by atoms with Gasteiger partial charge in [-0.05, 0) is 46.3 Å². The van der Waals surface area contributed by atoms with Crippen LogP contribution in [0.4, 0.5) is 20.2 Å². The highest BCUT2D eigenvalue weighted by atomic mass is 79.9. The molecule has 6 nitrogen and oxygen atoms in total. The first-order chi connectivity index (χ1) is 14.3. The van der Waals surface area contributed by atoms with E-state index in [1.807, 2.05) is 6.92 Å². The molecule has 1 aliphatic rings. The summed E-state index contributed by atoms with van der Waals surface area (Å²) in [4.78, 5) is 24.4. The fraction of sp³-hybridized carbons (Fsp3) is 0.333. The number of nitrogens with one attached hydrogen (secondary N) is 2. The van der Waals surface area contributed by atoms with Crippen LogP contribution in [0.2, 0.25) is 0 Å². The SMILES string of the molecule is COC(=O)c1ccc(NC(=O)Cc2cc(F)c(Br)cc2F)c(N[C@@H]2COC[C@@H]2C)c1. The second-order valence-electron chi connectivity index (χ2n) is 7.10. The number of rotatable bonds is 6. The minimum absolute atomic E-state index is 0.00781. The van der Waals surface area contributed by atoms with E-state index in [9.17, 15) is 18.4 Å². The normalized spacial score (nSPS) is 18.2. The quantitative estimate of drug-likeness (QED) is 0.477. The van der Waals surface area contributed by atoms with Gasteiger partial charge in [-0.15, -0.1) is 0 Å². The standard InChI is InChI=1S/C21H21BrF2N2O4/c1-11-9-30-10-19(11)25-18-6-12(21(28)29-2)3-4-17(18)26-20(27)7-13-5-16(24)14(22)8-15(13)23/h3-6,8,11,19,25H,7,9-10H2,1-2H3,(H,26,27)/t11-,19+/m0/s1. The third-order valence-electron chi connectivity index (χ3n) is 4.86. The maximum Gasteiger partial charge on any atom is 0.337 e. The van der Waals surface area contributed by atoms with Crippen LogP contribution in [0.15, 0.2) is 34.8 Å². The molecule has 2 N–H and O–H groups in total. The van der Waals surface area contributed by atoms with Gasteiger partial charge in [0.05, 0.1) is 54.2 Å². The highest BCUT2D eigenvalue weighted by Gasteiger charge is 2.25. The first-order valence-corrected chi connectivity index (χ1v) is 10.1. The monoisotopic (exact) mass is 482 g/mol. The average molecular weight is 483 g/mol. The van der Waals surface area contributed by atoms with Crippen LogP contribution in [0.5, 0.6) is 0 Å². The highest BCUT2D eigenvalue weighted by Crippen LogP contribution is 2.28. The van der Waals surface area contributed by atoms with E-state index < -0.39 is 23.5 Å². The third kappa shape index (κ3) is 5.14. The van der Waals surface area contributed by atoms with Gasteiger partial charge >= 0.3 is 5.97 Å². The van der Waals surface area contributed by atoms with Crippen LogP contribution in [0, 0.1) is 17.6 Å². The summed E-state index contributed by atoms with van der Waals surface area (Å²) in [6.45, 7) is 3.11. The van der Waals surface area contributed by atoms with E-state index in [2.05, 4.69) is 26.6 Å². The molecule has 1 aliphatic heterocycles. The largest absolute Gasteiger partial charge is 0.465 e. The van der Waals surface area contributed by atoms with Crippen molar-refractivity contribution >= 4 is 39.2 Å². The van der Waals surface area contributed by atoms with Gasteiger partial charge in [0, 0.05) is 11.5 Å². The molecule has 9 heteroatoms. The van der Waals surface area contributed by atoms with Crippen molar-refractivity contribution in [2.75, 3.05) is 31.0 Å². The summed E-state index contributed by atoms with van der Waals surface area (Å²) < 4.78 is 38.0. The molecule has 3 rings (SSSR count). The number of ether oxygens (including phenoxy) is 2. The number of hydrogen-bond acceptors (Lipinski definition) is 5. The minimum atomic E-state index is -0.685. The zero-order valence-corrected chi connectivity index (χ0v) is 18.0. The van der Waals surface area contributed by atoms with Gasteiger partial charge in [-0.3, -0.25) is 4.79 Å². The maximum absolute atomic E-state index is 14.0. The minimum Gasteiger partial charge on any atom is -0.465 e. The van der Waals surface area contributed by atoms with Crippen LogP contribution >= 0.6 is 15.9 Å². The Hall–Kier alpha value is -2.52. The number of esters is 1. The van der Waals surface area contributed by atoms with Crippen molar-refractivity contribution in [3.63, 3.8) is 0 Å². The van der Waals surface area contributed by atoms with Crippen LogP contribution in [0.3, 0.4) is 0 Å². The van der Waals surface area contributed by atoms with E-state index in [0.29, 0.717) is 30.2 Å². The summed E-state index contributed by atoms with van der Waals surface area (Å²) in [5, 5.41) is 5.99. The van der Waals surface area contributed by atoms with Gasteiger partial charge in [0.15, 0.2) is 0 Å². The van der Waals surface area contributed by atoms with Crippen molar-refractivity contribution in [1.29, 1.82) is 0 Å². The van der Waals surface area contributed by atoms with Gasteiger partial charge in [-0.25, -0.2) is 13.6 Å². The Morgan fingerprint density at radius 3 is 2.60 bits per heavy atom. The topological polar surface area (TPSA) is 76.7 Å². The Labute approximate surface area is 181 Å². The lowest BCUT2D eigenvalue weighted by Crippen LogP contribution is -2.27. The predicted molar refractivity (Wildman–Crippen MR) is 112 cm³/mol. The van der Waals surface area contributed by atoms with Crippen molar-refractivity contribution in [2.24, 2.45) is 5.92 Å². The highest BCUT2D eigenvalue weighted by molar-refractivity contribution is 9.10. The molecule has 0 unspecified atom stereocenters. The Balaban J connectivity index is 1.82. The molecular weight excluding hydrogens is 462 g/mol. The summed E-state index contributed by atoms with van der Waals surface area (Å²) in [7, 11) is 1.28. The fourth-order valence-corrected chi connectivity index (χ4v) is 3.44. The van der Waals surface area contributed by atoms with E-state index in [0.717, 1.165) is 12.1 Å². The van der Waals surface area contributed by atoms with Crippen molar-refractivity contribution in [3.05, 3.63) is 57.6 Å². The first kappa shape index (κ1) is 22.2. The summed E-state index contributed by atoms with van der Waals surface area (Å²) in [5.41, 5.74) is 1.16. The molecule has 2 atom stereocenters. The molecule has 0 aliphatic carbocycles. The van der Waals surface area contributed by atoms with Crippen molar-refractivity contribution in [3.8, 4) is 0 Å². The van der Waals surface area contributed by atoms with Crippen molar-refractivity contribution in [2.45, 2.75) is 19.4 Å². The number of benzene rings is 2. The van der Waals surface area contributed by atoms with Crippen LogP contribution < -0.4 is 10.6 Å². The summed E-state index contributed by atoms with van der Waals surface area (Å²) >= 11 is 2.91. The number of carbonyl (C=O) groups is 2. The van der Waals surface area contributed by atoms with Crippen LogP contribution in [-0.2, 0) is 20.7 Å². The number of anilines is 2. The van der Waals surface area contributed by atoms with Crippen LogP contribution in [-0.4, -0.2) is 38.2 Å². The molecule has 0 spiro atoms. The Kier molecular flexibility index (Phi) is 7.04. The molecule has 2 aromatic rings. The van der Waals surface area contributed by atoms with Gasteiger partial charge in [-0.2, -0.15) is 0 Å². The zero-order valence-electron chi connectivity index (χ0n) is 16.4. The zero-order chi connectivity index (χ0) is 21.8. The van der Waals surface area contributed by atoms with E-state index in [1.165, 1.54) is 13.2 Å². The number of methoxy groups -OCH3 is 1. The number of carbonyl (C=O) groups excluding carboxylic acids is 2. The smallest absolute Gasteiger partial charge is 0.337 e. The van der Waals surface area contributed by atoms with Crippen molar-refractivity contribution in [1.82, 2.24) is 0 Å². The molecule has 0 bridgehead atoms. The lowest BCUT2D eigenvalue weighted by Gasteiger charge is -2.20. The molecule has 1 heterocycles. The Morgan fingerprint density at radius 1 is 1.17 bits per heavy atom. The molecule has 1 saturated heterocycles. The predicted octanol–water partition coefficient (Wildman–Crippen LogP) is 4.14. The van der Waals surface area contributed by atoms with E-state index in [4.69, 9.17) is 9.47 Å². The Morgan fingerprint density at radius 2 is 1.93 bits per heavy atom. The molecular formula is C21H21BrF2N2O4. The van der Waals surface area contributed by atoms with Gasteiger partial charge < -0.3 is 20.1 Å². The maximum atomic E-state index is 14.0. The molecule has 1 fully saturated rings. The second-order valence-corrected chi connectivity index (χ2v) is 7.95. The lowest BCUT2D eigenvalue weighted by molar-refractivity contribution is -0.115. The lowest BCUT2D eigenvalue weighted by atomic mass is 10.0. The number of amides is 1. The van der Waals surface area contributed by atoms with E-state index >= 15 is 0 Å². The second kappa shape index (κ2) is 9.53. The average Bonchev–Trinajstić information content (AvgIpc) is 3.11. The summed E-state index contributed by atoms with van der Waals surface area (Å²) in [6, 6.07) is 6.61. The van der Waals surface area contributed by atoms with Crippen molar-refractivity contribution < 1.29 is 27.8 Å². The first-order valence-electron chi connectivity index (χ1n) is 9.28. The summed E-state index contributed by atoms with van der Waals surface area (Å²) in [5.74, 6) is -2.15. The molecule has 1 amide bonds. The molecule has 0 saturated carbocycles. The molecule has 0 radical (unpaired) electrons.